The van der Waals surface area contributed by atoms with E-state index in [-0.39, 0.29) is 12.1 Å². The Balaban J connectivity index is 1.31. The van der Waals surface area contributed by atoms with Gasteiger partial charge in [-0.1, -0.05) is 0 Å². The van der Waals surface area contributed by atoms with Gasteiger partial charge in [0.15, 0.2) is 5.13 Å². The number of anilines is 1. The maximum Gasteiger partial charge on any atom is 0.317 e. The number of aromatic nitrogens is 1. The lowest BCUT2D eigenvalue weighted by molar-refractivity contribution is 0.189. The predicted molar refractivity (Wildman–Crippen MR) is 93.3 cm³/mol. The molecule has 1 saturated heterocycles. The molecule has 4 rings (SSSR count). The number of furan rings is 1. The zero-order valence-corrected chi connectivity index (χ0v) is 14.4. The number of fused-ring (bicyclic) bond motifs is 1. The van der Waals surface area contributed by atoms with E-state index in [1.165, 1.54) is 0 Å². The fraction of sp³-hybridized carbons (Fsp3) is 0.529. The van der Waals surface area contributed by atoms with Gasteiger partial charge < -0.3 is 19.5 Å². The monoisotopic (exact) mass is 346 g/mol. The van der Waals surface area contributed by atoms with Crippen molar-refractivity contribution in [1.29, 1.82) is 0 Å². The fourth-order valence-corrected chi connectivity index (χ4v) is 4.17. The maximum absolute atomic E-state index is 12.6. The molecule has 2 aromatic rings. The molecule has 24 heavy (non-hydrogen) atoms. The third kappa shape index (κ3) is 3.26. The summed E-state index contributed by atoms with van der Waals surface area (Å²) in [4.78, 5) is 21.2. The largest absolute Gasteiger partial charge is 0.469 e. The van der Waals surface area contributed by atoms with Crippen molar-refractivity contribution >= 4 is 22.5 Å². The van der Waals surface area contributed by atoms with Crippen molar-refractivity contribution in [3.05, 3.63) is 35.2 Å². The fourth-order valence-electron chi connectivity index (χ4n) is 3.47. The van der Waals surface area contributed by atoms with Crippen molar-refractivity contribution in [2.24, 2.45) is 0 Å². The van der Waals surface area contributed by atoms with Crippen LogP contribution in [-0.4, -0.2) is 41.6 Å². The van der Waals surface area contributed by atoms with Gasteiger partial charge in [-0.25, -0.2) is 9.78 Å². The number of hydrogen-bond donors (Lipinski definition) is 1. The van der Waals surface area contributed by atoms with E-state index in [9.17, 15) is 4.79 Å². The quantitative estimate of drug-likeness (QED) is 0.908. The van der Waals surface area contributed by atoms with Crippen LogP contribution in [0.4, 0.5) is 9.93 Å². The number of urea groups is 1. The van der Waals surface area contributed by atoms with Crippen LogP contribution in [0.25, 0.3) is 0 Å². The van der Waals surface area contributed by atoms with E-state index in [2.05, 4.69) is 15.2 Å². The van der Waals surface area contributed by atoms with Crippen molar-refractivity contribution in [3.8, 4) is 0 Å². The van der Waals surface area contributed by atoms with Crippen molar-refractivity contribution < 1.29 is 9.21 Å². The molecule has 1 fully saturated rings. The molecule has 2 amide bonds. The molecule has 0 unspecified atom stereocenters. The van der Waals surface area contributed by atoms with E-state index in [4.69, 9.17) is 4.42 Å². The van der Waals surface area contributed by atoms with Crippen LogP contribution in [0.1, 0.15) is 30.6 Å². The molecule has 7 heteroatoms. The molecular formula is C17H22N4O2S. The third-order valence-electron chi connectivity index (χ3n) is 4.83. The highest BCUT2D eigenvalue weighted by atomic mass is 32.1. The SMILES string of the molecule is O=C(NC1CCN(c2nccs2)CC1)N1CCCc2occc2C1. The van der Waals surface area contributed by atoms with Crippen molar-refractivity contribution in [3.63, 3.8) is 0 Å². The molecule has 128 valence electrons. The molecule has 1 N–H and O–H groups in total. The number of carbonyl (C=O) groups is 1. The molecule has 6 nitrogen and oxygen atoms in total. The topological polar surface area (TPSA) is 61.6 Å². The number of hydrogen-bond acceptors (Lipinski definition) is 5. The zero-order valence-electron chi connectivity index (χ0n) is 13.6. The Bertz CT molecular complexity index is 677. The molecule has 2 aliphatic heterocycles. The Labute approximate surface area is 145 Å². The molecule has 0 bridgehead atoms. The smallest absolute Gasteiger partial charge is 0.317 e. The summed E-state index contributed by atoms with van der Waals surface area (Å²) in [6.07, 6.45) is 7.37. The van der Waals surface area contributed by atoms with Gasteiger partial charge in [0.05, 0.1) is 12.8 Å². The Morgan fingerprint density at radius 1 is 1.33 bits per heavy atom. The van der Waals surface area contributed by atoms with Crippen molar-refractivity contribution in [2.75, 3.05) is 24.5 Å². The van der Waals surface area contributed by atoms with Gasteiger partial charge in [-0.2, -0.15) is 0 Å². The van der Waals surface area contributed by atoms with E-state index in [1.54, 1.807) is 17.6 Å². The molecule has 4 heterocycles. The Hall–Kier alpha value is -2.02. The Morgan fingerprint density at radius 3 is 3.00 bits per heavy atom. The van der Waals surface area contributed by atoms with Crippen LogP contribution in [-0.2, 0) is 13.0 Å². The van der Waals surface area contributed by atoms with Crippen LogP contribution in [0.15, 0.2) is 28.3 Å². The second-order valence-corrected chi connectivity index (χ2v) is 7.29. The average molecular weight is 346 g/mol. The van der Waals surface area contributed by atoms with Crippen LogP contribution in [0, 0.1) is 0 Å². The van der Waals surface area contributed by atoms with Crippen LogP contribution >= 0.6 is 11.3 Å². The van der Waals surface area contributed by atoms with Crippen LogP contribution < -0.4 is 10.2 Å². The first-order chi connectivity index (χ1) is 11.8. The van der Waals surface area contributed by atoms with Crippen LogP contribution in [0.2, 0.25) is 0 Å². The average Bonchev–Trinajstić information content (AvgIpc) is 3.24. The highest BCUT2D eigenvalue weighted by Crippen LogP contribution is 2.23. The summed E-state index contributed by atoms with van der Waals surface area (Å²) >= 11 is 1.67. The first-order valence-electron chi connectivity index (χ1n) is 8.55. The number of nitrogens with one attached hydrogen (secondary N) is 1. The third-order valence-corrected chi connectivity index (χ3v) is 5.66. The van der Waals surface area contributed by atoms with E-state index < -0.39 is 0 Å². The minimum absolute atomic E-state index is 0.0525. The van der Waals surface area contributed by atoms with E-state index in [0.29, 0.717) is 6.54 Å². The number of thiazole rings is 1. The number of rotatable bonds is 2. The van der Waals surface area contributed by atoms with Gasteiger partial charge in [0.2, 0.25) is 0 Å². The lowest BCUT2D eigenvalue weighted by Gasteiger charge is -2.33. The second-order valence-electron chi connectivity index (χ2n) is 6.42. The molecule has 0 radical (unpaired) electrons. The summed E-state index contributed by atoms with van der Waals surface area (Å²) in [6.45, 7) is 3.33. The molecular weight excluding hydrogens is 324 g/mol. The summed E-state index contributed by atoms with van der Waals surface area (Å²) in [6, 6.07) is 2.28. The van der Waals surface area contributed by atoms with Gasteiger partial charge >= 0.3 is 6.03 Å². The lowest BCUT2D eigenvalue weighted by atomic mass is 10.1. The summed E-state index contributed by atoms with van der Waals surface area (Å²) in [7, 11) is 0. The molecule has 0 aliphatic carbocycles. The normalized spacial score (nSPS) is 19.0. The summed E-state index contributed by atoms with van der Waals surface area (Å²) < 4.78 is 5.49. The molecule has 0 saturated carbocycles. The maximum atomic E-state index is 12.6. The highest BCUT2D eigenvalue weighted by Gasteiger charge is 2.25. The summed E-state index contributed by atoms with van der Waals surface area (Å²) in [5.74, 6) is 1.03. The van der Waals surface area contributed by atoms with Crippen LogP contribution in [0.5, 0.6) is 0 Å². The minimum Gasteiger partial charge on any atom is -0.469 e. The highest BCUT2D eigenvalue weighted by molar-refractivity contribution is 7.13. The second kappa shape index (κ2) is 6.84. The lowest BCUT2D eigenvalue weighted by Crippen LogP contribution is -2.49. The zero-order chi connectivity index (χ0) is 16.4. The van der Waals surface area contributed by atoms with Gasteiger partial charge in [0.25, 0.3) is 0 Å². The molecule has 0 aromatic carbocycles. The first-order valence-corrected chi connectivity index (χ1v) is 9.42. The van der Waals surface area contributed by atoms with Crippen molar-refractivity contribution in [1.82, 2.24) is 15.2 Å². The van der Waals surface area contributed by atoms with Crippen molar-refractivity contribution in [2.45, 2.75) is 38.3 Å². The standard InChI is InChI=1S/C17H22N4O2S/c22-16(21-7-1-2-15-13(12-21)5-10-23-15)19-14-3-8-20(9-4-14)17-18-6-11-24-17/h5-6,10-11,14H,1-4,7-9,12H2,(H,19,22). The number of amides is 2. The molecule has 2 aliphatic rings. The van der Waals surface area contributed by atoms with Gasteiger partial charge in [-0.15, -0.1) is 11.3 Å². The summed E-state index contributed by atoms with van der Waals surface area (Å²) in [5, 5.41) is 6.31. The Morgan fingerprint density at radius 2 is 2.21 bits per heavy atom. The number of nitrogens with zero attached hydrogens (tertiary/aromatic N) is 3. The number of aryl methyl sites for hydroxylation is 1. The van der Waals surface area contributed by atoms with Gasteiger partial charge in [-0.05, 0) is 25.3 Å². The molecule has 0 atom stereocenters. The Kier molecular flexibility index (Phi) is 4.42. The predicted octanol–water partition coefficient (Wildman–Crippen LogP) is 2.86. The van der Waals surface area contributed by atoms with Gasteiger partial charge in [0, 0.05) is 49.2 Å². The summed E-state index contributed by atoms with van der Waals surface area (Å²) in [5.41, 5.74) is 1.14. The first kappa shape index (κ1) is 15.5. The van der Waals surface area contributed by atoms with Gasteiger partial charge in [-0.3, -0.25) is 0 Å². The van der Waals surface area contributed by atoms with Gasteiger partial charge in [0.1, 0.15) is 5.76 Å². The molecule has 0 spiro atoms. The minimum atomic E-state index is 0.0525. The number of piperidine rings is 1. The van der Waals surface area contributed by atoms with Crippen LogP contribution in [0.3, 0.4) is 0 Å². The van der Waals surface area contributed by atoms with E-state index >= 15 is 0 Å². The number of carbonyl (C=O) groups excluding carboxylic acids is 1. The van der Waals surface area contributed by atoms with E-state index in [0.717, 1.165) is 61.8 Å². The van der Waals surface area contributed by atoms with E-state index in [1.807, 2.05) is 22.5 Å². The molecule has 2 aromatic heterocycles.